The van der Waals surface area contributed by atoms with Crippen molar-refractivity contribution in [3.05, 3.63) is 50.9 Å². The van der Waals surface area contributed by atoms with Crippen molar-refractivity contribution in [3.8, 4) is 0 Å². The number of hydrogen-bond acceptors (Lipinski definition) is 3. The lowest BCUT2D eigenvalue weighted by molar-refractivity contribution is 0.0939. The maximum atomic E-state index is 12.1. The highest BCUT2D eigenvalue weighted by molar-refractivity contribution is 7.07. The predicted octanol–water partition coefficient (Wildman–Crippen LogP) is 3.60. The van der Waals surface area contributed by atoms with Gasteiger partial charge in [-0.2, -0.15) is 11.3 Å². The van der Waals surface area contributed by atoms with E-state index < -0.39 is 0 Å². The second kappa shape index (κ2) is 5.50. The summed E-state index contributed by atoms with van der Waals surface area (Å²) in [6.45, 7) is 3.76. The molecule has 3 nitrogen and oxygen atoms in total. The smallest absolute Gasteiger partial charge is 0.251 e. The highest BCUT2D eigenvalue weighted by Crippen LogP contribution is 2.17. The van der Waals surface area contributed by atoms with E-state index in [0.717, 1.165) is 11.3 Å². The van der Waals surface area contributed by atoms with E-state index in [9.17, 15) is 4.79 Å². The van der Waals surface area contributed by atoms with E-state index in [4.69, 9.17) is 11.6 Å². The lowest BCUT2D eigenvalue weighted by Crippen LogP contribution is -2.26. The zero-order chi connectivity index (χ0) is 13.1. The Morgan fingerprint density at radius 1 is 1.50 bits per heavy atom. The van der Waals surface area contributed by atoms with Crippen molar-refractivity contribution in [3.63, 3.8) is 0 Å². The number of halogens is 1. The van der Waals surface area contributed by atoms with Crippen LogP contribution in [0.3, 0.4) is 0 Å². The van der Waals surface area contributed by atoms with Gasteiger partial charge in [-0.25, -0.2) is 4.98 Å². The highest BCUT2D eigenvalue weighted by Gasteiger charge is 2.12. The normalized spacial score (nSPS) is 12.2. The highest BCUT2D eigenvalue weighted by atomic mass is 35.5. The van der Waals surface area contributed by atoms with Crippen LogP contribution in [0.15, 0.2) is 29.0 Å². The second-order valence-corrected chi connectivity index (χ2v) is 5.24. The first-order valence-corrected chi connectivity index (χ1v) is 6.85. The van der Waals surface area contributed by atoms with Crippen LogP contribution in [0.4, 0.5) is 0 Å². The van der Waals surface area contributed by atoms with Crippen molar-refractivity contribution in [1.29, 1.82) is 0 Å². The van der Waals surface area contributed by atoms with Gasteiger partial charge < -0.3 is 5.32 Å². The third-order valence-corrected chi connectivity index (χ3v) is 3.47. The summed E-state index contributed by atoms with van der Waals surface area (Å²) in [5, 5.41) is 7.29. The molecular formula is C13H13ClN2OS. The van der Waals surface area contributed by atoms with Gasteiger partial charge in [0.1, 0.15) is 5.15 Å². The molecule has 5 heteroatoms. The van der Waals surface area contributed by atoms with Crippen LogP contribution in [0.1, 0.15) is 34.6 Å². The van der Waals surface area contributed by atoms with E-state index in [1.54, 1.807) is 23.5 Å². The van der Waals surface area contributed by atoms with Crippen LogP contribution in [0, 0.1) is 6.92 Å². The molecule has 0 bridgehead atoms. The first-order valence-electron chi connectivity index (χ1n) is 5.53. The van der Waals surface area contributed by atoms with Crippen LogP contribution >= 0.6 is 22.9 Å². The summed E-state index contributed by atoms with van der Waals surface area (Å²) in [4.78, 5) is 16.1. The lowest BCUT2D eigenvalue weighted by atomic mass is 10.1. The predicted molar refractivity (Wildman–Crippen MR) is 74.2 cm³/mol. The van der Waals surface area contributed by atoms with E-state index in [-0.39, 0.29) is 11.9 Å². The van der Waals surface area contributed by atoms with E-state index >= 15 is 0 Å². The second-order valence-electron chi connectivity index (χ2n) is 4.07. The van der Waals surface area contributed by atoms with Crippen LogP contribution in [-0.2, 0) is 0 Å². The van der Waals surface area contributed by atoms with Crippen LogP contribution in [0.5, 0.6) is 0 Å². The lowest BCUT2D eigenvalue weighted by Gasteiger charge is -2.12. The molecule has 2 aromatic rings. The molecule has 94 valence electrons. The molecule has 1 unspecified atom stereocenters. The van der Waals surface area contributed by atoms with Crippen molar-refractivity contribution >= 4 is 28.8 Å². The number of aromatic nitrogens is 1. The molecule has 0 aliphatic carbocycles. The molecule has 2 aromatic heterocycles. The van der Waals surface area contributed by atoms with Gasteiger partial charge in [0.2, 0.25) is 0 Å². The molecule has 2 heterocycles. The van der Waals surface area contributed by atoms with Gasteiger partial charge in [-0.05, 0) is 48.4 Å². The Hall–Kier alpha value is -1.39. The van der Waals surface area contributed by atoms with Crippen molar-refractivity contribution in [1.82, 2.24) is 10.3 Å². The minimum Gasteiger partial charge on any atom is -0.345 e. The summed E-state index contributed by atoms with van der Waals surface area (Å²) in [5.74, 6) is -0.138. The topological polar surface area (TPSA) is 42.0 Å². The Bertz CT molecular complexity index is 534. The largest absolute Gasteiger partial charge is 0.345 e. The Morgan fingerprint density at radius 2 is 2.28 bits per heavy atom. The molecule has 0 aromatic carbocycles. The average Bonchev–Trinajstić information content (AvgIpc) is 2.80. The Balaban J connectivity index is 2.12. The maximum absolute atomic E-state index is 12.1. The van der Waals surface area contributed by atoms with Gasteiger partial charge in [0, 0.05) is 11.3 Å². The van der Waals surface area contributed by atoms with Gasteiger partial charge in [-0.15, -0.1) is 0 Å². The number of pyridine rings is 1. The fourth-order valence-electron chi connectivity index (χ4n) is 1.64. The summed E-state index contributed by atoms with van der Waals surface area (Å²) in [7, 11) is 0. The Kier molecular flexibility index (Phi) is 3.99. The molecule has 0 aliphatic heterocycles. The number of hydrogen-bond donors (Lipinski definition) is 1. The number of carbonyl (C=O) groups excluding carboxylic acids is 1. The van der Waals surface area contributed by atoms with E-state index in [1.165, 1.54) is 0 Å². The Morgan fingerprint density at radius 3 is 2.89 bits per heavy atom. The summed E-state index contributed by atoms with van der Waals surface area (Å²) >= 11 is 7.45. The van der Waals surface area contributed by atoms with Gasteiger partial charge in [0.25, 0.3) is 5.91 Å². The molecule has 2 rings (SSSR count). The number of nitrogens with zero attached hydrogens (tertiary/aromatic N) is 1. The molecular weight excluding hydrogens is 268 g/mol. The molecule has 1 N–H and O–H groups in total. The molecule has 0 saturated carbocycles. The fourth-order valence-corrected chi connectivity index (χ4v) is 2.65. The monoisotopic (exact) mass is 280 g/mol. The SMILES string of the molecule is Cc1cc(C(=O)NC(C)c2ccsc2)cc(Cl)n1. The Labute approximate surface area is 115 Å². The number of amides is 1. The van der Waals surface area contributed by atoms with Crippen LogP contribution < -0.4 is 5.32 Å². The minimum atomic E-state index is -0.138. The summed E-state index contributed by atoms with van der Waals surface area (Å²) in [5.41, 5.74) is 2.37. The van der Waals surface area contributed by atoms with Crippen LogP contribution in [0.2, 0.25) is 5.15 Å². The average molecular weight is 281 g/mol. The van der Waals surface area contributed by atoms with Gasteiger partial charge in [-0.3, -0.25) is 4.79 Å². The maximum Gasteiger partial charge on any atom is 0.251 e. The zero-order valence-electron chi connectivity index (χ0n) is 10.1. The van der Waals surface area contributed by atoms with E-state index in [1.807, 2.05) is 30.7 Å². The summed E-state index contributed by atoms with van der Waals surface area (Å²) in [6, 6.07) is 5.28. The third kappa shape index (κ3) is 3.09. The molecule has 0 aliphatic rings. The van der Waals surface area contributed by atoms with Crippen molar-refractivity contribution < 1.29 is 4.79 Å². The van der Waals surface area contributed by atoms with Crippen molar-refractivity contribution in [2.75, 3.05) is 0 Å². The molecule has 1 atom stereocenters. The molecule has 0 saturated heterocycles. The first kappa shape index (κ1) is 13.1. The van der Waals surface area contributed by atoms with Crippen LogP contribution in [0.25, 0.3) is 0 Å². The van der Waals surface area contributed by atoms with Gasteiger partial charge in [-0.1, -0.05) is 11.6 Å². The van der Waals surface area contributed by atoms with E-state index in [2.05, 4.69) is 10.3 Å². The van der Waals surface area contributed by atoms with Crippen LogP contribution in [-0.4, -0.2) is 10.9 Å². The zero-order valence-corrected chi connectivity index (χ0v) is 11.7. The van der Waals surface area contributed by atoms with Gasteiger partial charge in [0.05, 0.1) is 6.04 Å². The molecule has 18 heavy (non-hydrogen) atoms. The number of carbonyl (C=O) groups is 1. The van der Waals surface area contributed by atoms with Crippen molar-refractivity contribution in [2.45, 2.75) is 19.9 Å². The molecule has 0 fully saturated rings. The molecule has 1 amide bonds. The number of aryl methyl sites for hydroxylation is 1. The van der Waals surface area contributed by atoms with E-state index in [0.29, 0.717) is 10.7 Å². The summed E-state index contributed by atoms with van der Waals surface area (Å²) in [6.07, 6.45) is 0. The number of nitrogens with one attached hydrogen (secondary N) is 1. The number of rotatable bonds is 3. The standard InChI is InChI=1S/C13H13ClN2OS/c1-8-5-11(6-12(14)15-8)13(17)16-9(2)10-3-4-18-7-10/h3-7,9H,1-2H3,(H,16,17). The number of thiophene rings is 1. The third-order valence-electron chi connectivity index (χ3n) is 2.58. The minimum absolute atomic E-state index is 0.0176. The van der Waals surface area contributed by atoms with Crippen molar-refractivity contribution in [2.24, 2.45) is 0 Å². The fraction of sp³-hybridized carbons (Fsp3) is 0.231. The molecule has 0 spiro atoms. The van der Waals surface area contributed by atoms with Gasteiger partial charge in [0.15, 0.2) is 0 Å². The first-order chi connectivity index (χ1) is 8.56. The summed E-state index contributed by atoms with van der Waals surface area (Å²) < 4.78 is 0. The van der Waals surface area contributed by atoms with Gasteiger partial charge >= 0.3 is 0 Å². The molecule has 0 radical (unpaired) electrons. The quantitative estimate of drug-likeness (QED) is 0.873.